The zero-order chi connectivity index (χ0) is 15.7. The van der Waals surface area contributed by atoms with Crippen molar-refractivity contribution in [2.45, 2.75) is 6.92 Å². The molecule has 0 atom stereocenters. The molecule has 3 rings (SSSR count). The van der Waals surface area contributed by atoms with Gasteiger partial charge >= 0.3 is 0 Å². The van der Waals surface area contributed by atoms with Crippen molar-refractivity contribution in [3.63, 3.8) is 0 Å². The van der Waals surface area contributed by atoms with E-state index in [0.717, 1.165) is 6.41 Å². The van der Waals surface area contributed by atoms with E-state index in [4.69, 9.17) is 4.52 Å². The van der Waals surface area contributed by atoms with Gasteiger partial charge in [-0.2, -0.15) is 0 Å². The van der Waals surface area contributed by atoms with E-state index < -0.39 is 0 Å². The first-order valence-electron chi connectivity index (χ1n) is 7.29. The lowest BCUT2D eigenvalue weighted by molar-refractivity contribution is -0.143. The maximum atomic E-state index is 12.3. The van der Waals surface area contributed by atoms with Crippen molar-refractivity contribution in [2.24, 2.45) is 5.92 Å². The Morgan fingerprint density at radius 3 is 2.45 bits per heavy atom. The van der Waals surface area contributed by atoms with Crippen molar-refractivity contribution in [1.82, 2.24) is 19.9 Å². The van der Waals surface area contributed by atoms with E-state index in [2.05, 4.69) is 5.16 Å². The van der Waals surface area contributed by atoms with Gasteiger partial charge in [0.15, 0.2) is 5.69 Å². The van der Waals surface area contributed by atoms with Crippen molar-refractivity contribution in [3.8, 4) is 0 Å². The lowest BCUT2D eigenvalue weighted by Gasteiger charge is -2.42. The number of aryl methyl sites for hydroxylation is 1. The number of hydrogen-bond acceptors (Lipinski definition) is 5. The fraction of sp³-hybridized carbons (Fsp3) is 0.571. The SMILES string of the molecule is Cc1cc(C(=O)N2CC(C(=O)N3CCN(C=O)CC3)C2)no1. The fourth-order valence-electron chi connectivity index (χ4n) is 2.74. The van der Waals surface area contributed by atoms with E-state index in [0.29, 0.717) is 45.0 Å². The molecule has 2 aliphatic heterocycles. The van der Waals surface area contributed by atoms with E-state index in [1.807, 2.05) is 0 Å². The topological polar surface area (TPSA) is 87.0 Å². The summed E-state index contributed by atoms with van der Waals surface area (Å²) in [6, 6.07) is 1.59. The van der Waals surface area contributed by atoms with Crippen LogP contribution in [0.25, 0.3) is 0 Å². The van der Waals surface area contributed by atoms with Crippen LogP contribution in [0.15, 0.2) is 10.6 Å². The molecular weight excluding hydrogens is 288 g/mol. The summed E-state index contributed by atoms with van der Waals surface area (Å²) in [4.78, 5) is 40.1. The Hall–Kier alpha value is -2.38. The van der Waals surface area contributed by atoms with Crippen LogP contribution in [0.2, 0.25) is 0 Å². The van der Waals surface area contributed by atoms with E-state index in [-0.39, 0.29) is 23.4 Å². The monoisotopic (exact) mass is 306 g/mol. The van der Waals surface area contributed by atoms with Gasteiger partial charge in [0.2, 0.25) is 12.3 Å². The number of piperazine rings is 1. The van der Waals surface area contributed by atoms with Gasteiger partial charge < -0.3 is 19.2 Å². The first-order chi connectivity index (χ1) is 10.6. The van der Waals surface area contributed by atoms with Gasteiger partial charge in [0.1, 0.15) is 5.76 Å². The van der Waals surface area contributed by atoms with Crippen LogP contribution in [0.1, 0.15) is 16.2 Å². The molecule has 2 saturated heterocycles. The molecule has 1 aromatic heterocycles. The average molecular weight is 306 g/mol. The zero-order valence-electron chi connectivity index (χ0n) is 12.4. The van der Waals surface area contributed by atoms with Crippen LogP contribution >= 0.6 is 0 Å². The highest BCUT2D eigenvalue weighted by Crippen LogP contribution is 2.21. The maximum Gasteiger partial charge on any atom is 0.276 e. The number of carbonyl (C=O) groups excluding carboxylic acids is 3. The van der Waals surface area contributed by atoms with Crippen LogP contribution in [0.5, 0.6) is 0 Å². The summed E-state index contributed by atoms with van der Waals surface area (Å²) >= 11 is 0. The van der Waals surface area contributed by atoms with Crippen LogP contribution in [0.4, 0.5) is 0 Å². The number of carbonyl (C=O) groups is 3. The number of nitrogens with zero attached hydrogens (tertiary/aromatic N) is 4. The molecule has 0 spiro atoms. The molecule has 0 unspecified atom stereocenters. The lowest BCUT2D eigenvalue weighted by Crippen LogP contribution is -2.59. The molecule has 0 aliphatic carbocycles. The third kappa shape index (κ3) is 2.68. The maximum absolute atomic E-state index is 12.3. The number of hydrogen-bond donors (Lipinski definition) is 0. The summed E-state index contributed by atoms with van der Waals surface area (Å²) in [5.41, 5.74) is 0.281. The van der Waals surface area contributed by atoms with Gasteiger partial charge in [-0.05, 0) is 6.92 Å². The summed E-state index contributed by atoms with van der Waals surface area (Å²) in [7, 11) is 0. The Balaban J connectivity index is 1.49. The third-order valence-corrected chi connectivity index (χ3v) is 4.14. The smallest absolute Gasteiger partial charge is 0.276 e. The molecule has 0 aromatic carbocycles. The van der Waals surface area contributed by atoms with Crippen LogP contribution in [0, 0.1) is 12.8 Å². The molecule has 3 heterocycles. The normalized spacial score (nSPS) is 19.0. The molecule has 1 aromatic rings. The number of aromatic nitrogens is 1. The van der Waals surface area contributed by atoms with Gasteiger partial charge in [0.25, 0.3) is 5.91 Å². The minimum atomic E-state index is -0.202. The predicted octanol–water partition coefficient (Wildman–Crippen LogP) is -0.644. The second kappa shape index (κ2) is 5.78. The van der Waals surface area contributed by atoms with E-state index >= 15 is 0 Å². The molecule has 0 saturated carbocycles. The number of rotatable bonds is 3. The Morgan fingerprint density at radius 1 is 1.23 bits per heavy atom. The molecule has 8 heteroatoms. The molecule has 0 bridgehead atoms. The Kier molecular flexibility index (Phi) is 3.82. The number of amides is 3. The highest BCUT2D eigenvalue weighted by Gasteiger charge is 2.39. The summed E-state index contributed by atoms with van der Waals surface area (Å²) < 4.78 is 4.89. The summed E-state index contributed by atoms with van der Waals surface area (Å²) in [6.45, 7) is 4.82. The van der Waals surface area contributed by atoms with Crippen molar-refractivity contribution < 1.29 is 18.9 Å². The largest absolute Gasteiger partial charge is 0.361 e. The lowest BCUT2D eigenvalue weighted by atomic mass is 9.97. The Labute approximate surface area is 127 Å². The summed E-state index contributed by atoms with van der Waals surface area (Å²) in [5.74, 6) is 0.293. The van der Waals surface area contributed by atoms with Crippen LogP contribution in [0.3, 0.4) is 0 Å². The van der Waals surface area contributed by atoms with Crippen molar-refractivity contribution >= 4 is 18.2 Å². The van der Waals surface area contributed by atoms with Crippen LogP contribution in [-0.2, 0) is 9.59 Å². The predicted molar refractivity (Wildman–Crippen MR) is 74.9 cm³/mol. The first kappa shape index (κ1) is 14.6. The van der Waals surface area contributed by atoms with Crippen molar-refractivity contribution in [3.05, 3.63) is 17.5 Å². The van der Waals surface area contributed by atoms with Crippen molar-refractivity contribution in [2.75, 3.05) is 39.3 Å². The quantitative estimate of drug-likeness (QED) is 0.693. The minimum absolute atomic E-state index is 0.0610. The first-order valence-corrected chi connectivity index (χ1v) is 7.29. The van der Waals surface area contributed by atoms with Gasteiger partial charge in [-0.1, -0.05) is 5.16 Å². The molecular formula is C14H18N4O4. The van der Waals surface area contributed by atoms with Gasteiger partial charge in [0.05, 0.1) is 5.92 Å². The molecule has 22 heavy (non-hydrogen) atoms. The van der Waals surface area contributed by atoms with Gasteiger partial charge in [-0.25, -0.2) is 0 Å². The van der Waals surface area contributed by atoms with E-state index in [1.54, 1.807) is 27.7 Å². The molecule has 2 fully saturated rings. The Bertz CT molecular complexity index is 585. The highest BCUT2D eigenvalue weighted by molar-refractivity contribution is 5.94. The molecule has 0 N–H and O–H groups in total. The second-order valence-electron chi connectivity index (χ2n) is 5.70. The minimum Gasteiger partial charge on any atom is -0.361 e. The standard InChI is InChI=1S/C14H18N4O4/c1-10-6-12(15-22-10)14(21)18-7-11(8-18)13(20)17-4-2-16(9-19)3-5-17/h6,9,11H,2-5,7-8H2,1H3. The van der Waals surface area contributed by atoms with E-state index in [1.165, 1.54) is 0 Å². The average Bonchev–Trinajstić information content (AvgIpc) is 2.92. The highest BCUT2D eigenvalue weighted by atomic mass is 16.5. The Morgan fingerprint density at radius 2 is 1.91 bits per heavy atom. The number of likely N-dealkylation sites (tertiary alicyclic amines) is 1. The van der Waals surface area contributed by atoms with Crippen LogP contribution < -0.4 is 0 Å². The fourth-order valence-corrected chi connectivity index (χ4v) is 2.74. The molecule has 0 radical (unpaired) electrons. The summed E-state index contributed by atoms with van der Waals surface area (Å²) in [6.07, 6.45) is 0.811. The van der Waals surface area contributed by atoms with Gasteiger partial charge in [-0.15, -0.1) is 0 Å². The van der Waals surface area contributed by atoms with Gasteiger partial charge in [0, 0.05) is 45.3 Å². The second-order valence-corrected chi connectivity index (χ2v) is 5.70. The zero-order valence-corrected chi connectivity index (χ0v) is 12.4. The van der Waals surface area contributed by atoms with E-state index in [9.17, 15) is 14.4 Å². The molecule has 2 aliphatic rings. The molecule has 3 amide bonds. The molecule has 118 valence electrons. The third-order valence-electron chi connectivity index (χ3n) is 4.14. The van der Waals surface area contributed by atoms with Crippen LogP contribution in [-0.4, -0.2) is 77.3 Å². The van der Waals surface area contributed by atoms with Gasteiger partial charge in [-0.3, -0.25) is 14.4 Å². The molecule has 8 nitrogen and oxygen atoms in total. The summed E-state index contributed by atoms with van der Waals surface area (Å²) in [5, 5.41) is 3.70. The van der Waals surface area contributed by atoms with Crippen molar-refractivity contribution in [1.29, 1.82) is 0 Å².